The molecule has 0 aromatic heterocycles. The molecule has 0 bridgehead atoms. The molecule has 1 unspecified atom stereocenters. The third-order valence-electron chi connectivity index (χ3n) is 3.29. The van der Waals surface area contributed by atoms with Gasteiger partial charge in [0.15, 0.2) is 0 Å². The summed E-state index contributed by atoms with van der Waals surface area (Å²) in [5.41, 5.74) is 0.677. The maximum atomic E-state index is 10.3. The molecule has 3 heteroatoms. The Bertz CT molecular complexity index is 327. The summed E-state index contributed by atoms with van der Waals surface area (Å²) in [6.45, 7) is 8.18. The second kappa shape index (κ2) is 8.92. The standard InChI is InChI=1S/C16H28O3/c1-13(10-7-11-16(3,4)19-5)8-6-9-14(2)12-15(17)18/h6,9,12-13H,7-8,10-11H2,1-5H3,(H,17,18)/p-1. The van der Waals surface area contributed by atoms with Crippen LogP contribution in [0.15, 0.2) is 23.8 Å². The minimum atomic E-state index is -1.14. The fourth-order valence-corrected chi connectivity index (χ4v) is 1.82. The maximum absolute atomic E-state index is 10.3. The number of carbonyl (C=O) groups is 1. The van der Waals surface area contributed by atoms with Crippen LogP contribution in [0, 0.1) is 5.92 Å². The monoisotopic (exact) mass is 267 g/mol. The topological polar surface area (TPSA) is 49.4 Å². The smallest absolute Gasteiger partial charge is 0.0645 e. The fraction of sp³-hybridized carbons (Fsp3) is 0.688. The molecular formula is C16H27O3-. The van der Waals surface area contributed by atoms with Gasteiger partial charge in [0.2, 0.25) is 0 Å². The van der Waals surface area contributed by atoms with Crippen molar-refractivity contribution in [1.82, 2.24) is 0 Å². The highest BCUT2D eigenvalue weighted by Gasteiger charge is 2.15. The zero-order valence-electron chi connectivity index (χ0n) is 12.9. The molecule has 0 heterocycles. The van der Waals surface area contributed by atoms with Crippen LogP contribution in [0.4, 0.5) is 0 Å². The molecular weight excluding hydrogens is 240 g/mol. The number of carboxylic acids is 1. The molecule has 0 spiro atoms. The van der Waals surface area contributed by atoms with E-state index in [0.29, 0.717) is 11.5 Å². The van der Waals surface area contributed by atoms with Gasteiger partial charge in [-0.25, -0.2) is 0 Å². The van der Waals surface area contributed by atoms with E-state index < -0.39 is 5.97 Å². The highest BCUT2D eigenvalue weighted by atomic mass is 16.5. The van der Waals surface area contributed by atoms with E-state index in [1.807, 2.05) is 12.2 Å². The average Bonchev–Trinajstić information content (AvgIpc) is 2.27. The fourth-order valence-electron chi connectivity index (χ4n) is 1.82. The van der Waals surface area contributed by atoms with Crippen molar-refractivity contribution in [2.24, 2.45) is 5.92 Å². The highest BCUT2D eigenvalue weighted by Crippen LogP contribution is 2.20. The van der Waals surface area contributed by atoms with Gasteiger partial charge in [-0.05, 0) is 51.2 Å². The molecule has 0 saturated carbocycles. The predicted octanol–water partition coefficient (Wildman–Crippen LogP) is 2.86. The van der Waals surface area contributed by atoms with Gasteiger partial charge in [0.25, 0.3) is 0 Å². The number of aliphatic carboxylic acids is 1. The van der Waals surface area contributed by atoms with Crippen molar-refractivity contribution >= 4 is 5.97 Å². The Hall–Kier alpha value is -1.09. The summed E-state index contributed by atoms with van der Waals surface area (Å²) < 4.78 is 5.39. The molecule has 0 aliphatic carbocycles. The van der Waals surface area contributed by atoms with Crippen LogP contribution in [-0.2, 0) is 9.53 Å². The van der Waals surface area contributed by atoms with Gasteiger partial charge >= 0.3 is 0 Å². The SMILES string of the molecule is COC(C)(C)CCCC(C)CC=CC(C)=CC(=O)[O-]. The predicted molar refractivity (Wildman–Crippen MR) is 76.6 cm³/mol. The Morgan fingerprint density at radius 2 is 2.05 bits per heavy atom. The molecule has 0 amide bonds. The van der Waals surface area contributed by atoms with Crippen molar-refractivity contribution in [3.05, 3.63) is 23.8 Å². The number of hydrogen-bond donors (Lipinski definition) is 0. The van der Waals surface area contributed by atoms with Crippen molar-refractivity contribution in [2.75, 3.05) is 7.11 Å². The van der Waals surface area contributed by atoms with Crippen molar-refractivity contribution < 1.29 is 14.6 Å². The van der Waals surface area contributed by atoms with E-state index in [4.69, 9.17) is 4.74 Å². The number of allylic oxidation sites excluding steroid dienone is 3. The highest BCUT2D eigenvalue weighted by molar-refractivity contribution is 5.79. The van der Waals surface area contributed by atoms with E-state index >= 15 is 0 Å². The Labute approximate surface area is 117 Å². The Balaban J connectivity index is 3.91. The molecule has 0 aliphatic heterocycles. The molecule has 0 radical (unpaired) electrons. The summed E-state index contributed by atoms with van der Waals surface area (Å²) in [5, 5.41) is 10.3. The molecule has 0 N–H and O–H groups in total. The van der Waals surface area contributed by atoms with E-state index in [2.05, 4.69) is 20.8 Å². The second-order valence-corrected chi connectivity index (χ2v) is 5.81. The minimum Gasteiger partial charge on any atom is -0.545 e. The lowest BCUT2D eigenvalue weighted by molar-refractivity contribution is -0.297. The van der Waals surface area contributed by atoms with E-state index in [9.17, 15) is 9.90 Å². The van der Waals surface area contributed by atoms with Crippen LogP contribution in [0.2, 0.25) is 0 Å². The Morgan fingerprint density at radius 1 is 1.42 bits per heavy atom. The molecule has 19 heavy (non-hydrogen) atoms. The molecule has 0 aromatic carbocycles. The Morgan fingerprint density at radius 3 is 2.58 bits per heavy atom. The molecule has 0 aliphatic rings. The molecule has 1 atom stereocenters. The number of carboxylic acid groups (broad SMARTS) is 1. The summed E-state index contributed by atoms with van der Waals surface area (Å²) in [4.78, 5) is 10.3. The molecule has 0 saturated heterocycles. The summed E-state index contributed by atoms with van der Waals surface area (Å²) in [6.07, 6.45) is 9.30. The first kappa shape index (κ1) is 17.9. The van der Waals surface area contributed by atoms with Crippen LogP contribution in [0.25, 0.3) is 0 Å². The summed E-state index contributed by atoms with van der Waals surface area (Å²) in [5.74, 6) is -0.545. The quantitative estimate of drug-likeness (QED) is 0.477. The van der Waals surface area contributed by atoms with Gasteiger partial charge in [0.05, 0.1) is 11.6 Å². The lowest BCUT2D eigenvalue weighted by Crippen LogP contribution is -2.22. The van der Waals surface area contributed by atoms with Crippen LogP contribution in [0.1, 0.15) is 53.4 Å². The lowest BCUT2D eigenvalue weighted by atomic mass is 9.95. The van der Waals surface area contributed by atoms with Gasteiger partial charge in [0.1, 0.15) is 0 Å². The molecule has 110 valence electrons. The average molecular weight is 267 g/mol. The maximum Gasteiger partial charge on any atom is 0.0645 e. The van der Waals surface area contributed by atoms with E-state index in [-0.39, 0.29) is 5.60 Å². The largest absolute Gasteiger partial charge is 0.545 e. The van der Waals surface area contributed by atoms with Crippen LogP contribution >= 0.6 is 0 Å². The Kier molecular flexibility index (Phi) is 8.41. The van der Waals surface area contributed by atoms with Crippen LogP contribution < -0.4 is 5.11 Å². The molecule has 3 nitrogen and oxygen atoms in total. The van der Waals surface area contributed by atoms with Gasteiger partial charge < -0.3 is 14.6 Å². The number of carbonyl (C=O) groups excluding carboxylic acids is 1. The first-order valence-electron chi connectivity index (χ1n) is 6.88. The molecule has 0 aromatic rings. The van der Waals surface area contributed by atoms with Crippen LogP contribution in [-0.4, -0.2) is 18.7 Å². The lowest BCUT2D eigenvalue weighted by Gasteiger charge is -2.23. The van der Waals surface area contributed by atoms with E-state index in [0.717, 1.165) is 31.8 Å². The van der Waals surface area contributed by atoms with E-state index in [1.54, 1.807) is 14.0 Å². The third kappa shape index (κ3) is 10.5. The summed E-state index contributed by atoms with van der Waals surface area (Å²) in [7, 11) is 1.75. The van der Waals surface area contributed by atoms with Crippen molar-refractivity contribution in [3.63, 3.8) is 0 Å². The second-order valence-electron chi connectivity index (χ2n) is 5.81. The van der Waals surface area contributed by atoms with Gasteiger partial charge in [-0.1, -0.05) is 31.9 Å². The van der Waals surface area contributed by atoms with E-state index in [1.165, 1.54) is 0 Å². The van der Waals surface area contributed by atoms with Gasteiger partial charge in [-0.3, -0.25) is 0 Å². The van der Waals surface area contributed by atoms with Gasteiger partial charge in [-0.15, -0.1) is 0 Å². The summed E-state index contributed by atoms with van der Waals surface area (Å²) in [6, 6.07) is 0. The minimum absolute atomic E-state index is 0.0383. The van der Waals surface area contributed by atoms with Crippen LogP contribution in [0.3, 0.4) is 0 Å². The van der Waals surface area contributed by atoms with Crippen LogP contribution in [0.5, 0.6) is 0 Å². The first-order chi connectivity index (χ1) is 8.76. The number of ether oxygens (including phenoxy) is 1. The molecule has 0 fully saturated rings. The third-order valence-corrected chi connectivity index (χ3v) is 3.29. The molecule has 0 rings (SSSR count). The number of rotatable bonds is 9. The zero-order valence-corrected chi connectivity index (χ0v) is 12.9. The van der Waals surface area contributed by atoms with Crippen molar-refractivity contribution in [1.29, 1.82) is 0 Å². The first-order valence-corrected chi connectivity index (χ1v) is 6.88. The number of methoxy groups -OCH3 is 1. The van der Waals surface area contributed by atoms with Gasteiger partial charge in [-0.2, -0.15) is 0 Å². The van der Waals surface area contributed by atoms with Gasteiger partial charge in [0, 0.05) is 7.11 Å². The number of hydrogen-bond acceptors (Lipinski definition) is 3. The normalized spacial score (nSPS) is 14.9. The van der Waals surface area contributed by atoms with Crippen molar-refractivity contribution in [2.45, 2.75) is 59.0 Å². The summed E-state index contributed by atoms with van der Waals surface area (Å²) >= 11 is 0. The van der Waals surface area contributed by atoms with Crippen molar-refractivity contribution in [3.8, 4) is 0 Å². The zero-order chi connectivity index (χ0) is 14.9.